The third kappa shape index (κ3) is 4.39. The van der Waals surface area contributed by atoms with E-state index in [1.54, 1.807) is 40.7 Å². The number of nitrogens with zero attached hydrogens (tertiary/aromatic N) is 3. The van der Waals surface area contributed by atoms with Crippen LogP contribution in [0.15, 0.2) is 41.7 Å². The fourth-order valence-corrected chi connectivity index (χ4v) is 7.60. The second kappa shape index (κ2) is 9.49. The summed E-state index contributed by atoms with van der Waals surface area (Å²) in [7, 11) is -3.68. The maximum absolute atomic E-state index is 14.8. The van der Waals surface area contributed by atoms with E-state index in [2.05, 4.69) is 21.8 Å². The lowest BCUT2D eigenvalue weighted by molar-refractivity contribution is 0.278. The van der Waals surface area contributed by atoms with Crippen LogP contribution in [-0.2, 0) is 21.8 Å². The molecule has 4 heterocycles. The maximum Gasteiger partial charge on any atom is 0.168 e. The normalized spacial score (nSPS) is 23.6. The fraction of sp³-hybridized carbons (Fsp3) is 0.414. The van der Waals surface area contributed by atoms with E-state index in [-0.39, 0.29) is 23.9 Å². The van der Waals surface area contributed by atoms with Gasteiger partial charge < -0.3 is 15.2 Å². The Bertz CT molecular complexity index is 1680. The summed E-state index contributed by atoms with van der Waals surface area (Å²) in [6.45, 7) is 8.76. The van der Waals surface area contributed by atoms with Crippen LogP contribution >= 0.6 is 0 Å². The second-order valence-electron chi connectivity index (χ2n) is 10.6. The van der Waals surface area contributed by atoms with Crippen molar-refractivity contribution in [3.05, 3.63) is 59.3 Å². The number of aliphatic imine (C=N–C) groups is 1. The van der Waals surface area contributed by atoms with Crippen LogP contribution in [0.2, 0.25) is 0 Å². The van der Waals surface area contributed by atoms with Gasteiger partial charge in [-0.25, -0.2) is 12.8 Å². The number of halogens is 1. The van der Waals surface area contributed by atoms with Crippen molar-refractivity contribution in [1.82, 2.24) is 9.97 Å². The minimum Gasteiger partial charge on any atom is -0.493 e. The van der Waals surface area contributed by atoms with Crippen molar-refractivity contribution in [2.75, 3.05) is 6.61 Å². The summed E-state index contributed by atoms with van der Waals surface area (Å²) in [5, 5.41) is -0.509. The molecule has 0 spiro atoms. The molecule has 8 nitrogen and oxygen atoms in total. The van der Waals surface area contributed by atoms with Gasteiger partial charge in [0.05, 0.1) is 35.5 Å². The van der Waals surface area contributed by atoms with Crippen molar-refractivity contribution in [2.24, 2.45) is 10.7 Å². The topological polar surface area (TPSA) is 117 Å². The zero-order chi connectivity index (χ0) is 28.2. The van der Waals surface area contributed by atoms with E-state index < -0.39 is 31.2 Å². The number of sulfone groups is 1. The van der Waals surface area contributed by atoms with Crippen LogP contribution in [0.25, 0.3) is 10.9 Å². The van der Waals surface area contributed by atoms with E-state index in [1.165, 1.54) is 12.4 Å². The second-order valence-corrected chi connectivity index (χ2v) is 13.3. The molecule has 0 fully saturated rings. The minimum absolute atomic E-state index is 0.0761. The molecule has 2 N–H and O–H groups in total. The van der Waals surface area contributed by atoms with Crippen molar-refractivity contribution in [2.45, 2.75) is 69.1 Å². The van der Waals surface area contributed by atoms with Crippen molar-refractivity contribution in [1.29, 1.82) is 0 Å². The van der Waals surface area contributed by atoms with E-state index in [0.717, 1.165) is 5.56 Å². The summed E-state index contributed by atoms with van der Waals surface area (Å²) < 4.78 is 52.5. The van der Waals surface area contributed by atoms with Gasteiger partial charge in [0.1, 0.15) is 27.6 Å². The van der Waals surface area contributed by atoms with Gasteiger partial charge in [-0.15, -0.1) is 5.92 Å². The van der Waals surface area contributed by atoms with Gasteiger partial charge >= 0.3 is 0 Å². The highest BCUT2D eigenvalue weighted by Crippen LogP contribution is 2.48. The largest absolute Gasteiger partial charge is 0.493 e. The third-order valence-corrected chi connectivity index (χ3v) is 10.7. The Hall–Kier alpha value is -3.71. The van der Waals surface area contributed by atoms with Gasteiger partial charge in [-0.3, -0.25) is 15.0 Å². The molecular weight excluding hydrogens is 519 g/mol. The lowest BCUT2D eigenvalue weighted by atomic mass is 9.85. The highest BCUT2D eigenvalue weighted by Gasteiger charge is 2.57. The van der Waals surface area contributed by atoms with Crippen LogP contribution < -0.4 is 15.2 Å². The van der Waals surface area contributed by atoms with E-state index in [4.69, 9.17) is 20.2 Å². The zero-order valence-corrected chi connectivity index (χ0v) is 23.4. The number of benzene rings is 1. The summed E-state index contributed by atoms with van der Waals surface area (Å²) in [6.07, 6.45) is 2.96. The lowest BCUT2D eigenvalue weighted by Gasteiger charge is -2.43. The lowest BCUT2D eigenvalue weighted by Crippen LogP contribution is -2.59. The van der Waals surface area contributed by atoms with Crippen molar-refractivity contribution in [3.63, 3.8) is 0 Å². The number of ether oxygens (including phenoxy) is 2. The number of hydrogen-bond donors (Lipinski definition) is 1. The smallest absolute Gasteiger partial charge is 0.168 e. The molecule has 0 bridgehead atoms. The molecule has 0 radical (unpaired) electrons. The number of aromatic nitrogens is 2. The molecule has 0 aliphatic carbocycles. The number of fused-ring (bicyclic) bond motifs is 4. The summed E-state index contributed by atoms with van der Waals surface area (Å²) in [6, 6.07) is 7.19. The number of rotatable bonds is 4. The molecule has 0 saturated heterocycles. The molecule has 3 atom stereocenters. The van der Waals surface area contributed by atoms with Gasteiger partial charge in [0.25, 0.3) is 0 Å². The van der Waals surface area contributed by atoms with Gasteiger partial charge in [0.2, 0.25) is 0 Å². The summed E-state index contributed by atoms with van der Waals surface area (Å²) in [5.74, 6) is 6.23. The predicted molar refractivity (Wildman–Crippen MR) is 148 cm³/mol. The van der Waals surface area contributed by atoms with E-state index in [1.807, 2.05) is 18.2 Å². The van der Waals surface area contributed by atoms with E-state index >= 15 is 0 Å². The Morgan fingerprint density at radius 3 is 2.74 bits per heavy atom. The highest BCUT2D eigenvalue weighted by molar-refractivity contribution is 7.94. The molecule has 0 saturated carbocycles. The molecule has 204 valence electrons. The van der Waals surface area contributed by atoms with Gasteiger partial charge in [0, 0.05) is 23.8 Å². The molecule has 5 rings (SSSR count). The van der Waals surface area contributed by atoms with Crippen LogP contribution in [0.4, 0.5) is 4.39 Å². The molecule has 39 heavy (non-hydrogen) atoms. The number of amidine groups is 1. The summed E-state index contributed by atoms with van der Waals surface area (Å²) in [4.78, 5) is 13.6. The Morgan fingerprint density at radius 1 is 1.23 bits per heavy atom. The van der Waals surface area contributed by atoms with Crippen LogP contribution in [0.5, 0.6) is 11.5 Å². The standard InChI is InChI=1S/C29H31FN4O4S/c1-6-7-17(2)38-19-14-20-22(30)16-32-23(26(20)33-15-19)13-18-8-9-24-21(12-18)29(5)25(10-11-37-24)39(35,36)28(3,4)27(31)34-29/h8-9,12,14-17,25H,10-11,13H2,1-5H3,(H2,31,34)/t17-,25+,29+/m0/s1. The minimum atomic E-state index is -3.68. The number of hydrogen-bond acceptors (Lipinski definition) is 8. The van der Waals surface area contributed by atoms with Crippen LogP contribution in [-0.4, -0.2) is 46.9 Å². The molecule has 10 heteroatoms. The average Bonchev–Trinajstić information content (AvgIpc) is 3.02. The molecule has 0 unspecified atom stereocenters. The van der Waals surface area contributed by atoms with Crippen molar-refractivity contribution in [3.8, 4) is 23.3 Å². The first-order valence-electron chi connectivity index (χ1n) is 12.8. The van der Waals surface area contributed by atoms with Crippen LogP contribution in [0, 0.1) is 17.7 Å². The third-order valence-electron chi connectivity index (χ3n) is 7.67. The molecular formula is C29H31FN4O4S. The predicted octanol–water partition coefficient (Wildman–Crippen LogP) is 4.08. The van der Waals surface area contributed by atoms with Crippen molar-refractivity contribution < 1.29 is 22.3 Å². The molecule has 1 aromatic carbocycles. The fourth-order valence-electron chi connectivity index (χ4n) is 5.36. The molecule has 0 amide bonds. The number of pyridine rings is 2. The van der Waals surface area contributed by atoms with E-state index in [0.29, 0.717) is 41.1 Å². The molecule has 3 aromatic rings. The molecule has 2 aliphatic heterocycles. The first kappa shape index (κ1) is 26.9. The highest BCUT2D eigenvalue weighted by atomic mass is 32.2. The Balaban J connectivity index is 1.56. The summed E-state index contributed by atoms with van der Waals surface area (Å²) in [5.41, 5.74) is 7.57. The first-order chi connectivity index (χ1) is 18.4. The maximum atomic E-state index is 14.8. The van der Waals surface area contributed by atoms with Crippen LogP contribution in [0.3, 0.4) is 0 Å². The Morgan fingerprint density at radius 2 is 2.00 bits per heavy atom. The number of nitrogens with two attached hydrogens (primary N) is 1. The van der Waals surface area contributed by atoms with Gasteiger partial charge in [-0.1, -0.05) is 12.0 Å². The first-order valence-corrected chi connectivity index (χ1v) is 14.3. The average molecular weight is 551 g/mol. The van der Waals surface area contributed by atoms with Gasteiger partial charge in [-0.05, 0) is 58.4 Å². The van der Waals surface area contributed by atoms with Crippen molar-refractivity contribution >= 4 is 26.6 Å². The van der Waals surface area contributed by atoms with Gasteiger partial charge in [-0.2, -0.15) is 0 Å². The van der Waals surface area contributed by atoms with Gasteiger partial charge in [0.15, 0.2) is 21.8 Å². The Labute approximate surface area is 227 Å². The SMILES string of the molecule is CC#C[C@H](C)Oc1cnc2c(Cc3ccc4c(c3)[C@@]3(C)N=C(N)C(C)(C)S(=O)(=O)[C@@H]3CCO4)ncc(F)c2c1. The monoisotopic (exact) mass is 550 g/mol. The summed E-state index contributed by atoms with van der Waals surface area (Å²) >= 11 is 0. The quantitative estimate of drug-likeness (QED) is 0.487. The molecule has 2 aromatic heterocycles. The zero-order valence-electron chi connectivity index (χ0n) is 22.6. The Kier molecular flexibility index (Phi) is 6.54. The van der Waals surface area contributed by atoms with E-state index in [9.17, 15) is 12.8 Å². The molecule has 2 aliphatic rings. The van der Waals surface area contributed by atoms with Crippen LogP contribution in [0.1, 0.15) is 57.9 Å².